The molecule has 0 N–H and O–H groups in total. The van der Waals surface area contributed by atoms with Crippen LogP contribution in [0, 0.1) is 0 Å². The highest BCUT2D eigenvalue weighted by atomic mass is 19.4. The molecule has 1 aliphatic heterocycles. The minimum atomic E-state index is -4.52. The minimum absolute atomic E-state index is 0.0808. The van der Waals surface area contributed by atoms with Crippen LogP contribution in [0.4, 0.5) is 18.9 Å². The maximum atomic E-state index is 13.1. The van der Waals surface area contributed by atoms with E-state index in [0.29, 0.717) is 23.6 Å². The van der Waals surface area contributed by atoms with Gasteiger partial charge in [-0.2, -0.15) is 13.2 Å². The summed E-state index contributed by atoms with van der Waals surface area (Å²) in [6, 6.07) is 11.3. The van der Waals surface area contributed by atoms with Crippen LogP contribution in [0.25, 0.3) is 0 Å². The Labute approximate surface area is 201 Å². The second kappa shape index (κ2) is 11.1. The van der Waals surface area contributed by atoms with E-state index in [9.17, 15) is 22.8 Å². The first-order chi connectivity index (χ1) is 16.7. The van der Waals surface area contributed by atoms with Crippen LogP contribution in [0.3, 0.4) is 0 Å². The van der Waals surface area contributed by atoms with Gasteiger partial charge in [-0.15, -0.1) is 0 Å². The molecule has 0 radical (unpaired) electrons. The number of esters is 2. The van der Waals surface area contributed by atoms with E-state index < -0.39 is 29.6 Å². The van der Waals surface area contributed by atoms with E-state index in [1.807, 2.05) is 6.92 Å². The molecule has 9 heteroatoms. The number of carbonyl (C=O) groups excluding carboxylic acids is 2. The highest BCUT2D eigenvalue weighted by Crippen LogP contribution is 2.40. The van der Waals surface area contributed by atoms with E-state index in [1.165, 1.54) is 24.5 Å². The van der Waals surface area contributed by atoms with E-state index in [2.05, 4.69) is 0 Å². The molecular formula is C26H26F3NO5. The Kier molecular flexibility index (Phi) is 8.22. The minimum Gasteiger partial charge on any atom is -0.494 e. The second-order valence-electron chi connectivity index (χ2n) is 7.50. The predicted molar refractivity (Wildman–Crippen MR) is 124 cm³/mol. The Bertz CT molecular complexity index is 1070. The molecule has 0 spiro atoms. The van der Waals surface area contributed by atoms with Gasteiger partial charge >= 0.3 is 18.1 Å². The third-order valence-corrected chi connectivity index (χ3v) is 5.22. The molecule has 0 atom stereocenters. The van der Waals surface area contributed by atoms with Crippen molar-refractivity contribution in [1.29, 1.82) is 0 Å². The largest absolute Gasteiger partial charge is 0.494 e. The fraction of sp³-hybridized carbons (Fsp3) is 0.308. The molecule has 0 saturated carbocycles. The highest BCUT2D eigenvalue weighted by molar-refractivity contribution is 6.00. The molecule has 0 bridgehead atoms. The van der Waals surface area contributed by atoms with Crippen molar-refractivity contribution in [1.82, 2.24) is 0 Å². The van der Waals surface area contributed by atoms with Gasteiger partial charge in [0.1, 0.15) is 5.75 Å². The molecule has 35 heavy (non-hydrogen) atoms. The molecule has 2 aromatic carbocycles. The molecule has 2 aromatic rings. The molecule has 0 amide bonds. The van der Waals surface area contributed by atoms with Gasteiger partial charge in [0, 0.05) is 18.1 Å². The Morgan fingerprint density at radius 3 is 1.74 bits per heavy atom. The summed E-state index contributed by atoms with van der Waals surface area (Å²) in [6.45, 7) is 5.80. The maximum absolute atomic E-state index is 13.1. The van der Waals surface area contributed by atoms with Gasteiger partial charge in [-0.25, -0.2) is 9.59 Å². The molecule has 186 valence electrons. The number of hydrogen-bond donors (Lipinski definition) is 0. The van der Waals surface area contributed by atoms with Gasteiger partial charge in [0.15, 0.2) is 0 Å². The summed E-state index contributed by atoms with van der Waals surface area (Å²) >= 11 is 0. The highest BCUT2D eigenvalue weighted by Gasteiger charge is 2.37. The first-order valence-electron chi connectivity index (χ1n) is 11.2. The number of ether oxygens (including phenoxy) is 3. The fourth-order valence-electron chi connectivity index (χ4n) is 3.68. The smallest absolute Gasteiger partial charge is 0.416 e. The van der Waals surface area contributed by atoms with Gasteiger partial charge in [0.25, 0.3) is 0 Å². The standard InChI is InChI=1S/C26H26F3NO5/c1-4-33-20-13-11-19(12-14-20)30-15-21(24(31)34-5-2)23(22(16-30)25(32)35-6-3)17-7-9-18(10-8-17)26(27,28)29/h7-16,23H,4-6H2,1-3H3. The SMILES string of the molecule is CCOC(=O)C1=CN(c2ccc(OCC)cc2)C=C(C(=O)OCC)C1c1ccc(C(F)(F)F)cc1. The quantitative estimate of drug-likeness (QED) is 0.450. The summed E-state index contributed by atoms with van der Waals surface area (Å²) in [6.07, 6.45) is -1.49. The number of rotatable bonds is 8. The lowest BCUT2D eigenvalue weighted by atomic mass is 9.83. The lowest BCUT2D eigenvalue weighted by Gasteiger charge is -2.30. The molecule has 0 fully saturated rings. The third kappa shape index (κ3) is 6.03. The topological polar surface area (TPSA) is 65.1 Å². The second-order valence-corrected chi connectivity index (χ2v) is 7.50. The van der Waals surface area contributed by atoms with E-state index in [1.54, 1.807) is 43.0 Å². The van der Waals surface area contributed by atoms with Gasteiger partial charge in [-0.1, -0.05) is 12.1 Å². The molecule has 0 unspecified atom stereocenters. The number of carbonyl (C=O) groups is 2. The van der Waals surface area contributed by atoms with Crippen molar-refractivity contribution >= 4 is 17.6 Å². The van der Waals surface area contributed by atoms with E-state index in [0.717, 1.165) is 12.1 Å². The number of nitrogens with zero attached hydrogens (tertiary/aromatic N) is 1. The fourth-order valence-corrected chi connectivity index (χ4v) is 3.68. The lowest BCUT2D eigenvalue weighted by Crippen LogP contribution is -2.29. The zero-order chi connectivity index (χ0) is 25.6. The summed E-state index contributed by atoms with van der Waals surface area (Å²) in [5.74, 6) is -1.71. The average molecular weight is 489 g/mol. The van der Waals surface area contributed by atoms with Crippen molar-refractivity contribution in [3.8, 4) is 5.75 Å². The van der Waals surface area contributed by atoms with Crippen LogP contribution in [0.15, 0.2) is 72.1 Å². The van der Waals surface area contributed by atoms with Gasteiger partial charge < -0.3 is 19.1 Å². The molecule has 0 aliphatic carbocycles. The van der Waals surface area contributed by atoms with Gasteiger partial charge in [-0.3, -0.25) is 0 Å². The van der Waals surface area contributed by atoms with Crippen LogP contribution in [0.5, 0.6) is 5.75 Å². The van der Waals surface area contributed by atoms with Crippen LogP contribution >= 0.6 is 0 Å². The Hall–Kier alpha value is -3.75. The van der Waals surface area contributed by atoms with Crippen LogP contribution < -0.4 is 9.64 Å². The van der Waals surface area contributed by atoms with Crippen molar-refractivity contribution in [2.24, 2.45) is 0 Å². The summed E-state index contributed by atoms with van der Waals surface area (Å²) in [4.78, 5) is 27.5. The van der Waals surface area contributed by atoms with Crippen molar-refractivity contribution in [3.05, 3.63) is 83.2 Å². The van der Waals surface area contributed by atoms with Gasteiger partial charge in [-0.05, 0) is 62.7 Å². The molecule has 0 aromatic heterocycles. The average Bonchev–Trinajstić information content (AvgIpc) is 2.84. The van der Waals surface area contributed by atoms with E-state index in [-0.39, 0.29) is 24.4 Å². The Balaban J connectivity index is 2.12. The third-order valence-electron chi connectivity index (χ3n) is 5.22. The van der Waals surface area contributed by atoms with Crippen molar-refractivity contribution < 1.29 is 37.0 Å². The Morgan fingerprint density at radius 1 is 0.800 bits per heavy atom. The van der Waals surface area contributed by atoms with Crippen LogP contribution in [0.1, 0.15) is 37.8 Å². The van der Waals surface area contributed by atoms with Crippen molar-refractivity contribution in [2.45, 2.75) is 32.9 Å². The molecule has 3 rings (SSSR count). The molecule has 6 nitrogen and oxygen atoms in total. The van der Waals surface area contributed by atoms with Gasteiger partial charge in [0.05, 0.1) is 42.4 Å². The van der Waals surface area contributed by atoms with Crippen LogP contribution in [-0.4, -0.2) is 31.8 Å². The number of benzene rings is 2. The molecular weight excluding hydrogens is 463 g/mol. The van der Waals surface area contributed by atoms with Crippen LogP contribution in [0.2, 0.25) is 0 Å². The summed E-state index contributed by atoms with van der Waals surface area (Å²) in [5.41, 5.74) is 0.291. The monoisotopic (exact) mass is 489 g/mol. The lowest BCUT2D eigenvalue weighted by molar-refractivity contribution is -0.140. The normalized spacial score (nSPS) is 14.2. The van der Waals surface area contributed by atoms with E-state index in [4.69, 9.17) is 14.2 Å². The number of alkyl halides is 3. The van der Waals surface area contributed by atoms with Crippen LogP contribution in [-0.2, 0) is 25.2 Å². The molecule has 1 aliphatic rings. The zero-order valence-corrected chi connectivity index (χ0v) is 19.6. The summed E-state index contributed by atoms with van der Waals surface area (Å²) in [5, 5.41) is 0. The number of halogens is 3. The van der Waals surface area contributed by atoms with Crippen molar-refractivity contribution in [3.63, 3.8) is 0 Å². The summed E-state index contributed by atoms with van der Waals surface area (Å²) in [7, 11) is 0. The van der Waals surface area contributed by atoms with E-state index >= 15 is 0 Å². The maximum Gasteiger partial charge on any atom is 0.416 e. The predicted octanol–water partition coefficient (Wildman–Crippen LogP) is 5.60. The van der Waals surface area contributed by atoms with Gasteiger partial charge in [0.2, 0.25) is 0 Å². The molecule has 1 heterocycles. The summed E-state index contributed by atoms with van der Waals surface area (Å²) < 4.78 is 55.2. The Morgan fingerprint density at radius 2 is 1.31 bits per heavy atom. The zero-order valence-electron chi connectivity index (χ0n) is 19.6. The first kappa shape index (κ1) is 25.9. The number of anilines is 1. The first-order valence-corrected chi connectivity index (χ1v) is 11.2. The van der Waals surface area contributed by atoms with Crippen molar-refractivity contribution in [2.75, 3.05) is 24.7 Å². The molecule has 0 saturated heterocycles. The number of hydrogen-bond acceptors (Lipinski definition) is 6.